The van der Waals surface area contributed by atoms with Gasteiger partial charge in [-0.3, -0.25) is 4.79 Å². The van der Waals surface area contributed by atoms with Crippen LogP contribution in [0.1, 0.15) is 34.0 Å². The molecule has 0 saturated carbocycles. The summed E-state index contributed by atoms with van der Waals surface area (Å²) in [7, 11) is 0. The van der Waals surface area contributed by atoms with Gasteiger partial charge >= 0.3 is 12.1 Å². The number of carbonyl (C=O) groups excluding carboxylic acids is 1. The second-order valence-electron chi connectivity index (χ2n) is 6.33. The van der Waals surface area contributed by atoms with Crippen LogP contribution in [0.25, 0.3) is 11.0 Å². The molecule has 9 heteroatoms. The Morgan fingerprint density at radius 1 is 1.31 bits per heavy atom. The molecule has 5 nitrogen and oxygen atoms in total. The first-order chi connectivity index (χ1) is 13.6. The molecular formula is C20H16BrF3N2O3. The summed E-state index contributed by atoms with van der Waals surface area (Å²) in [4.78, 5) is 29.0. The summed E-state index contributed by atoms with van der Waals surface area (Å²) >= 11 is 3.28. The number of halogens is 4. The van der Waals surface area contributed by atoms with E-state index in [1.165, 1.54) is 30.0 Å². The Morgan fingerprint density at radius 3 is 2.69 bits per heavy atom. The van der Waals surface area contributed by atoms with Crippen LogP contribution < -0.4 is 5.43 Å². The van der Waals surface area contributed by atoms with Crippen molar-refractivity contribution in [2.75, 3.05) is 6.61 Å². The molecule has 0 radical (unpaired) electrons. The Bertz CT molecular complexity index is 1160. The Balaban J connectivity index is 2.22. The van der Waals surface area contributed by atoms with E-state index in [2.05, 4.69) is 20.9 Å². The standard InChI is InChI=1S/C20H16BrF3N2O3/c1-3-29-19(28)14-10-26(16-7-13(21)8-25-17(16)18(14)27)9-12-5-4-6-15(11(12)2)20(22,23)24/h4-8,10H,3,9H2,1-2H3. The Hall–Kier alpha value is -2.68. The van der Waals surface area contributed by atoms with Crippen molar-refractivity contribution >= 4 is 32.9 Å². The highest BCUT2D eigenvalue weighted by Gasteiger charge is 2.32. The second-order valence-corrected chi connectivity index (χ2v) is 7.24. The van der Waals surface area contributed by atoms with Gasteiger partial charge in [0.1, 0.15) is 11.1 Å². The lowest BCUT2D eigenvalue weighted by molar-refractivity contribution is -0.138. The highest BCUT2D eigenvalue weighted by molar-refractivity contribution is 9.10. The van der Waals surface area contributed by atoms with E-state index in [0.29, 0.717) is 15.6 Å². The van der Waals surface area contributed by atoms with Crippen molar-refractivity contribution in [3.05, 3.63) is 73.6 Å². The molecule has 0 amide bonds. The first kappa shape index (κ1) is 21.0. The number of esters is 1. The third kappa shape index (κ3) is 4.19. The maximum atomic E-state index is 13.3. The first-order valence-corrected chi connectivity index (χ1v) is 9.44. The summed E-state index contributed by atoms with van der Waals surface area (Å²) in [6.07, 6.45) is -1.76. The fourth-order valence-electron chi connectivity index (χ4n) is 3.06. The maximum Gasteiger partial charge on any atom is 0.416 e. The number of benzene rings is 1. The zero-order valence-corrected chi connectivity index (χ0v) is 17.1. The monoisotopic (exact) mass is 468 g/mol. The summed E-state index contributed by atoms with van der Waals surface area (Å²) in [5.74, 6) is -0.807. The molecule has 0 unspecified atom stereocenters. The van der Waals surface area contributed by atoms with Gasteiger partial charge in [0.2, 0.25) is 5.43 Å². The zero-order chi connectivity index (χ0) is 21.3. The van der Waals surface area contributed by atoms with Crippen molar-refractivity contribution < 1.29 is 22.7 Å². The minimum absolute atomic E-state index is 0.0110. The highest BCUT2D eigenvalue weighted by atomic mass is 79.9. The zero-order valence-electron chi connectivity index (χ0n) is 15.5. The van der Waals surface area contributed by atoms with Gasteiger partial charge in [0.15, 0.2) is 0 Å². The van der Waals surface area contributed by atoms with Crippen molar-refractivity contribution in [3.8, 4) is 0 Å². The van der Waals surface area contributed by atoms with E-state index in [-0.39, 0.29) is 29.8 Å². The predicted molar refractivity (Wildman–Crippen MR) is 105 cm³/mol. The minimum atomic E-state index is -4.48. The molecule has 152 valence electrons. The van der Waals surface area contributed by atoms with Crippen LogP contribution in [0, 0.1) is 6.92 Å². The average Bonchev–Trinajstić information content (AvgIpc) is 2.64. The lowest BCUT2D eigenvalue weighted by Crippen LogP contribution is -2.22. The number of nitrogens with zero attached hydrogens (tertiary/aromatic N) is 2. The van der Waals surface area contributed by atoms with E-state index >= 15 is 0 Å². The number of hydrogen-bond donors (Lipinski definition) is 0. The molecule has 0 aliphatic heterocycles. The first-order valence-electron chi connectivity index (χ1n) is 8.65. The van der Waals surface area contributed by atoms with Crippen molar-refractivity contribution in [1.29, 1.82) is 0 Å². The molecule has 0 aliphatic rings. The van der Waals surface area contributed by atoms with Crippen LogP contribution in [-0.4, -0.2) is 22.1 Å². The summed E-state index contributed by atoms with van der Waals surface area (Å²) < 4.78 is 46.8. The molecule has 2 heterocycles. The average molecular weight is 469 g/mol. The molecular weight excluding hydrogens is 453 g/mol. The molecule has 3 aromatic rings. The van der Waals surface area contributed by atoms with Gasteiger partial charge in [0.25, 0.3) is 0 Å². The van der Waals surface area contributed by atoms with Gasteiger partial charge in [0, 0.05) is 23.4 Å². The minimum Gasteiger partial charge on any atom is -0.462 e. The van der Waals surface area contributed by atoms with Crippen LogP contribution in [0.15, 0.2) is 45.9 Å². The summed E-state index contributed by atoms with van der Waals surface area (Å²) in [5.41, 5.74) is -0.656. The van der Waals surface area contributed by atoms with Crippen LogP contribution in [0.4, 0.5) is 13.2 Å². The van der Waals surface area contributed by atoms with E-state index in [9.17, 15) is 22.8 Å². The topological polar surface area (TPSA) is 61.2 Å². The Morgan fingerprint density at radius 2 is 2.03 bits per heavy atom. The van der Waals surface area contributed by atoms with Crippen molar-refractivity contribution in [1.82, 2.24) is 9.55 Å². The predicted octanol–water partition coefficient (Wildman–Crippen LogP) is 4.71. The molecule has 29 heavy (non-hydrogen) atoms. The largest absolute Gasteiger partial charge is 0.462 e. The van der Waals surface area contributed by atoms with Crippen LogP contribution in [-0.2, 0) is 17.5 Å². The van der Waals surface area contributed by atoms with Crippen molar-refractivity contribution in [2.45, 2.75) is 26.6 Å². The smallest absolute Gasteiger partial charge is 0.416 e. The molecule has 0 N–H and O–H groups in total. The van der Waals surface area contributed by atoms with Gasteiger partial charge in [-0.1, -0.05) is 12.1 Å². The van der Waals surface area contributed by atoms with Gasteiger partial charge < -0.3 is 9.30 Å². The van der Waals surface area contributed by atoms with Gasteiger partial charge in [-0.05, 0) is 53.0 Å². The van der Waals surface area contributed by atoms with Crippen LogP contribution >= 0.6 is 15.9 Å². The van der Waals surface area contributed by atoms with Gasteiger partial charge in [-0.2, -0.15) is 13.2 Å². The van der Waals surface area contributed by atoms with E-state index in [1.807, 2.05) is 0 Å². The Kier molecular flexibility index (Phi) is 5.79. The number of hydrogen-bond acceptors (Lipinski definition) is 4. The number of fused-ring (bicyclic) bond motifs is 1. The second kappa shape index (κ2) is 7.98. The third-order valence-electron chi connectivity index (χ3n) is 4.48. The number of rotatable bonds is 4. The highest BCUT2D eigenvalue weighted by Crippen LogP contribution is 2.33. The molecule has 0 fully saturated rings. The summed E-state index contributed by atoms with van der Waals surface area (Å²) in [6, 6.07) is 5.55. The normalized spacial score (nSPS) is 11.7. The number of carbonyl (C=O) groups is 1. The van der Waals surface area contributed by atoms with Crippen molar-refractivity contribution in [3.63, 3.8) is 0 Å². The van der Waals surface area contributed by atoms with E-state index in [1.54, 1.807) is 19.1 Å². The van der Waals surface area contributed by atoms with E-state index in [4.69, 9.17) is 4.74 Å². The van der Waals surface area contributed by atoms with Crippen molar-refractivity contribution in [2.24, 2.45) is 0 Å². The van der Waals surface area contributed by atoms with Crippen LogP contribution in [0.3, 0.4) is 0 Å². The molecule has 3 rings (SSSR count). The van der Waals surface area contributed by atoms with Gasteiger partial charge in [-0.25, -0.2) is 9.78 Å². The van der Waals surface area contributed by atoms with E-state index in [0.717, 1.165) is 6.07 Å². The molecule has 2 aromatic heterocycles. The fraction of sp³-hybridized carbons (Fsp3) is 0.250. The third-order valence-corrected chi connectivity index (χ3v) is 4.91. The molecule has 0 saturated heterocycles. The summed E-state index contributed by atoms with van der Waals surface area (Å²) in [5, 5.41) is 0. The van der Waals surface area contributed by atoms with Gasteiger partial charge in [-0.15, -0.1) is 0 Å². The fourth-order valence-corrected chi connectivity index (χ4v) is 3.38. The number of aromatic nitrogens is 2. The van der Waals surface area contributed by atoms with Crippen LogP contribution in [0.5, 0.6) is 0 Å². The van der Waals surface area contributed by atoms with E-state index < -0.39 is 23.1 Å². The number of pyridine rings is 2. The Labute approximate surface area is 172 Å². The SMILES string of the molecule is CCOC(=O)c1cn(Cc2cccc(C(F)(F)F)c2C)c2cc(Br)cnc2c1=O. The molecule has 1 aromatic carbocycles. The maximum absolute atomic E-state index is 13.3. The lowest BCUT2D eigenvalue weighted by atomic mass is 10.0. The van der Waals surface area contributed by atoms with Gasteiger partial charge in [0.05, 0.1) is 17.7 Å². The number of alkyl halides is 3. The molecule has 0 atom stereocenters. The quantitative estimate of drug-likeness (QED) is 0.520. The molecule has 0 spiro atoms. The molecule has 0 bridgehead atoms. The van der Waals surface area contributed by atoms with Crippen LogP contribution in [0.2, 0.25) is 0 Å². The number of ether oxygens (including phenoxy) is 1. The molecule has 0 aliphatic carbocycles. The lowest BCUT2D eigenvalue weighted by Gasteiger charge is -2.17. The summed E-state index contributed by atoms with van der Waals surface area (Å²) in [6.45, 7) is 3.09.